The number of hydrogen-bond donors (Lipinski definition) is 0. The first-order valence-corrected chi connectivity index (χ1v) is 8.94. The van der Waals surface area contributed by atoms with Gasteiger partial charge in [-0.3, -0.25) is 9.98 Å². The predicted octanol–water partition coefficient (Wildman–Crippen LogP) is 3.69. The van der Waals surface area contributed by atoms with Crippen LogP contribution in [0.2, 0.25) is 5.02 Å². The monoisotopic (exact) mass is 372 g/mol. The minimum Gasteiger partial charge on any atom is -0.383 e. The number of hydrogen-bond acceptors (Lipinski definition) is 5. The van der Waals surface area contributed by atoms with Gasteiger partial charge in [0.15, 0.2) is 0 Å². The van der Waals surface area contributed by atoms with Crippen LogP contribution in [0.1, 0.15) is 5.56 Å². The van der Waals surface area contributed by atoms with Crippen LogP contribution in [0, 0.1) is 0 Å². The van der Waals surface area contributed by atoms with Crippen molar-refractivity contribution in [1.29, 1.82) is 0 Å². The van der Waals surface area contributed by atoms with Crippen LogP contribution in [-0.4, -0.2) is 36.1 Å². The van der Waals surface area contributed by atoms with E-state index in [4.69, 9.17) is 16.3 Å². The molecule has 0 unspecified atom stereocenters. The van der Waals surface area contributed by atoms with Crippen molar-refractivity contribution in [1.82, 2.24) is 9.66 Å². The lowest BCUT2D eigenvalue weighted by molar-refractivity contribution is 0.207. The molecule has 25 heavy (non-hydrogen) atoms. The highest BCUT2D eigenvalue weighted by atomic mass is 35.5. The van der Waals surface area contributed by atoms with Crippen molar-refractivity contribution in [2.45, 2.75) is 0 Å². The highest BCUT2D eigenvalue weighted by molar-refractivity contribution is 7.07. The number of halogens is 1. The molecule has 0 aliphatic rings. The summed E-state index contributed by atoms with van der Waals surface area (Å²) < 4.78 is 6.91. The fourth-order valence-corrected chi connectivity index (χ4v) is 3.14. The van der Waals surface area contributed by atoms with Crippen LogP contribution < -0.4 is 4.80 Å². The van der Waals surface area contributed by atoms with Crippen LogP contribution in [0.4, 0.5) is 0 Å². The molecule has 3 aromatic rings. The zero-order valence-electron chi connectivity index (χ0n) is 13.7. The number of methoxy groups -OCH3 is 1. The number of thiazole rings is 1. The summed E-state index contributed by atoms with van der Waals surface area (Å²) in [5.74, 6) is 0. The maximum absolute atomic E-state index is 6.00. The molecule has 0 N–H and O–H groups in total. The quantitative estimate of drug-likeness (QED) is 0.489. The van der Waals surface area contributed by atoms with Gasteiger partial charge in [-0.15, -0.1) is 11.3 Å². The summed E-state index contributed by atoms with van der Waals surface area (Å²) in [6.45, 7) is 1.15. The third kappa shape index (κ3) is 4.63. The SMILES string of the molecule is COCCN=c1scc(-c2ccc(Cl)cc2)n1/N=C/c1cccnc1. The third-order valence-corrected chi connectivity index (χ3v) is 4.48. The molecule has 7 heteroatoms. The molecule has 0 bridgehead atoms. The molecule has 0 atom stereocenters. The Balaban J connectivity index is 2.02. The Hall–Kier alpha value is -2.28. The van der Waals surface area contributed by atoms with E-state index in [9.17, 15) is 0 Å². The summed E-state index contributed by atoms with van der Waals surface area (Å²) in [6, 6.07) is 11.5. The second-order valence-electron chi connectivity index (χ2n) is 5.13. The standard InChI is InChI=1S/C18H17ClN4OS/c1-24-10-9-21-18-23(22-12-14-3-2-8-20-11-14)17(13-25-18)15-4-6-16(19)7-5-15/h2-8,11-13H,9-10H2,1H3/b21-18?,22-12+. The van der Waals surface area contributed by atoms with Crippen molar-refractivity contribution < 1.29 is 4.74 Å². The highest BCUT2D eigenvalue weighted by Gasteiger charge is 2.07. The molecule has 0 saturated carbocycles. The molecule has 0 amide bonds. The van der Waals surface area contributed by atoms with Gasteiger partial charge in [0.2, 0.25) is 4.80 Å². The second kappa shape index (κ2) is 8.71. The summed E-state index contributed by atoms with van der Waals surface area (Å²) in [5.41, 5.74) is 2.90. The van der Waals surface area contributed by atoms with Crippen LogP contribution in [0.15, 0.2) is 64.3 Å². The molecule has 0 spiro atoms. The lowest BCUT2D eigenvalue weighted by atomic mass is 10.2. The van der Waals surface area contributed by atoms with Crippen LogP contribution in [0.25, 0.3) is 11.3 Å². The van der Waals surface area contributed by atoms with Crippen LogP contribution in [-0.2, 0) is 4.74 Å². The highest BCUT2D eigenvalue weighted by Crippen LogP contribution is 2.22. The fraction of sp³-hybridized carbons (Fsp3) is 0.167. The number of aromatic nitrogens is 2. The Bertz CT molecular complexity index is 901. The topological polar surface area (TPSA) is 51.8 Å². The number of benzene rings is 1. The van der Waals surface area contributed by atoms with E-state index in [1.165, 1.54) is 11.3 Å². The molecule has 2 heterocycles. The van der Waals surface area contributed by atoms with Gasteiger partial charge in [-0.2, -0.15) is 5.10 Å². The Morgan fingerprint density at radius 2 is 2.12 bits per heavy atom. The van der Waals surface area contributed by atoms with Gasteiger partial charge in [-0.1, -0.05) is 29.8 Å². The van der Waals surface area contributed by atoms with Gasteiger partial charge < -0.3 is 4.74 Å². The van der Waals surface area contributed by atoms with Gasteiger partial charge in [0, 0.05) is 41.0 Å². The number of rotatable bonds is 6. The number of ether oxygens (including phenoxy) is 1. The van der Waals surface area contributed by atoms with Crippen molar-refractivity contribution in [2.24, 2.45) is 10.1 Å². The van der Waals surface area contributed by atoms with E-state index in [1.807, 2.05) is 46.5 Å². The molecule has 1 aromatic carbocycles. The Labute approximate surface area is 154 Å². The van der Waals surface area contributed by atoms with Crippen LogP contribution in [0.3, 0.4) is 0 Å². The molecule has 0 saturated heterocycles. The summed E-state index contributed by atoms with van der Waals surface area (Å²) >= 11 is 7.54. The molecular weight excluding hydrogens is 356 g/mol. The summed E-state index contributed by atoms with van der Waals surface area (Å²) in [4.78, 5) is 9.49. The Morgan fingerprint density at radius 1 is 1.28 bits per heavy atom. The van der Waals surface area contributed by atoms with E-state index in [0.29, 0.717) is 18.2 Å². The van der Waals surface area contributed by atoms with Gasteiger partial charge in [-0.25, -0.2) is 4.68 Å². The van der Waals surface area contributed by atoms with Crippen LogP contribution in [0.5, 0.6) is 0 Å². The normalized spacial score (nSPS) is 12.2. The van der Waals surface area contributed by atoms with Crippen molar-refractivity contribution >= 4 is 29.2 Å². The average molecular weight is 373 g/mol. The first-order chi connectivity index (χ1) is 12.3. The predicted molar refractivity (Wildman–Crippen MR) is 102 cm³/mol. The largest absolute Gasteiger partial charge is 0.383 e. The smallest absolute Gasteiger partial charge is 0.206 e. The fourth-order valence-electron chi connectivity index (χ4n) is 2.15. The first kappa shape index (κ1) is 17.5. The second-order valence-corrected chi connectivity index (χ2v) is 6.40. The van der Waals surface area contributed by atoms with Gasteiger partial charge >= 0.3 is 0 Å². The van der Waals surface area contributed by atoms with Gasteiger partial charge in [0.1, 0.15) is 0 Å². The van der Waals surface area contributed by atoms with Crippen molar-refractivity contribution in [3.05, 3.63) is 69.6 Å². The third-order valence-electron chi connectivity index (χ3n) is 3.37. The molecule has 128 valence electrons. The van der Waals surface area contributed by atoms with Crippen molar-refractivity contribution in [2.75, 3.05) is 20.3 Å². The molecule has 0 fully saturated rings. The van der Waals surface area contributed by atoms with E-state index in [0.717, 1.165) is 21.6 Å². The van der Waals surface area contributed by atoms with E-state index in [1.54, 1.807) is 25.7 Å². The lowest BCUT2D eigenvalue weighted by Crippen LogP contribution is -2.13. The Kier molecular flexibility index (Phi) is 6.11. The molecule has 5 nitrogen and oxygen atoms in total. The number of nitrogens with zero attached hydrogens (tertiary/aromatic N) is 4. The molecule has 0 radical (unpaired) electrons. The molecular formula is C18H17ClN4OS. The summed E-state index contributed by atoms with van der Waals surface area (Å²) in [6.07, 6.45) is 5.27. The van der Waals surface area contributed by atoms with Gasteiger partial charge in [0.25, 0.3) is 0 Å². The van der Waals surface area contributed by atoms with Crippen molar-refractivity contribution in [3.8, 4) is 11.3 Å². The first-order valence-electron chi connectivity index (χ1n) is 7.68. The maximum Gasteiger partial charge on any atom is 0.206 e. The lowest BCUT2D eigenvalue weighted by Gasteiger charge is -2.04. The molecule has 2 aromatic heterocycles. The van der Waals surface area contributed by atoms with Crippen molar-refractivity contribution in [3.63, 3.8) is 0 Å². The van der Waals surface area contributed by atoms with E-state index in [-0.39, 0.29) is 0 Å². The molecule has 0 aliphatic heterocycles. The summed E-state index contributed by atoms with van der Waals surface area (Å²) in [7, 11) is 1.66. The Morgan fingerprint density at radius 3 is 2.84 bits per heavy atom. The van der Waals surface area contributed by atoms with Crippen LogP contribution >= 0.6 is 22.9 Å². The summed E-state index contributed by atoms with van der Waals surface area (Å²) in [5, 5.41) is 7.35. The molecule has 3 rings (SSSR count). The maximum atomic E-state index is 6.00. The minimum absolute atomic E-state index is 0.570. The van der Waals surface area contributed by atoms with E-state index in [2.05, 4.69) is 15.1 Å². The minimum atomic E-state index is 0.570. The zero-order chi connectivity index (χ0) is 17.5. The van der Waals surface area contributed by atoms with Gasteiger partial charge in [0.05, 0.1) is 25.1 Å². The number of pyridine rings is 1. The zero-order valence-corrected chi connectivity index (χ0v) is 15.2. The average Bonchev–Trinajstić information content (AvgIpc) is 3.04. The van der Waals surface area contributed by atoms with Gasteiger partial charge in [-0.05, 0) is 18.2 Å². The van der Waals surface area contributed by atoms with E-state index >= 15 is 0 Å². The molecule has 0 aliphatic carbocycles. The van der Waals surface area contributed by atoms with E-state index < -0.39 is 0 Å².